The van der Waals surface area contributed by atoms with Gasteiger partial charge in [-0.05, 0) is 36.4 Å². The first-order valence-electron chi connectivity index (χ1n) is 11.2. The number of alkyl halides is 1. The molecular weight excluding hydrogens is 471 g/mol. The molecule has 0 bridgehead atoms. The quantitative estimate of drug-likeness (QED) is 0.394. The number of aliphatic hydroxyl groups excluding tert-OH is 1. The lowest BCUT2D eigenvalue weighted by atomic mass is 9.99. The second-order valence-electron chi connectivity index (χ2n) is 7.95. The molecule has 0 aromatic heterocycles. The molecule has 0 aliphatic carbocycles. The highest BCUT2D eigenvalue weighted by molar-refractivity contribution is 5.90. The van der Waals surface area contributed by atoms with Crippen molar-refractivity contribution in [1.82, 2.24) is 0 Å². The summed E-state index contributed by atoms with van der Waals surface area (Å²) < 4.78 is 36.7. The molecule has 1 aliphatic rings. The minimum absolute atomic E-state index is 0.130. The summed E-state index contributed by atoms with van der Waals surface area (Å²) in [5, 5.41) is 10.6. The standard InChI is InChI=1S/C27H23FO8/c28-21-20(16-33-24(29)17-10-4-1-5-11-17)34-27(32)23(36-26(31)19-14-8-3-9-15-19)22(21)35-25(30)18-12-6-2-7-13-18/h1-15,20-23,27,32H,16H2/t20-,21-,22+,23+,27+/m1/s1. The lowest BCUT2D eigenvalue weighted by Gasteiger charge is -2.40. The van der Waals surface area contributed by atoms with Gasteiger partial charge in [-0.1, -0.05) is 54.6 Å². The highest BCUT2D eigenvalue weighted by Gasteiger charge is 2.51. The Morgan fingerprint density at radius 1 is 0.694 bits per heavy atom. The fraction of sp³-hybridized carbons (Fsp3) is 0.222. The number of esters is 3. The van der Waals surface area contributed by atoms with Crippen molar-refractivity contribution in [3.63, 3.8) is 0 Å². The third-order valence-electron chi connectivity index (χ3n) is 5.48. The minimum atomic E-state index is -2.10. The van der Waals surface area contributed by atoms with E-state index in [0.717, 1.165) is 0 Å². The van der Waals surface area contributed by atoms with E-state index in [4.69, 9.17) is 18.9 Å². The van der Waals surface area contributed by atoms with Crippen LogP contribution in [0.3, 0.4) is 0 Å². The number of ether oxygens (including phenoxy) is 4. The second-order valence-corrected chi connectivity index (χ2v) is 7.95. The van der Waals surface area contributed by atoms with Crippen LogP contribution in [0.4, 0.5) is 4.39 Å². The fourth-order valence-electron chi connectivity index (χ4n) is 3.62. The maximum absolute atomic E-state index is 15.6. The molecule has 0 saturated carbocycles. The van der Waals surface area contributed by atoms with E-state index in [-0.39, 0.29) is 16.7 Å². The fourth-order valence-corrected chi connectivity index (χ4v) is 3.62. The first-order valence-corrected chi connectivity index (χ1v) is 11.2. The third-order valence-corrected chi connectivity index (χ3v) is 5.48. The highest BCUT2D eigenvalue weighted by atomic mass is 19.1. The van der Waals surface area contributed by atoms with Crippen molar-refractivity contribution < 1.29 is 42.8 Å². The molecule has 0 amide bonds. The number of carbonyl (C=O) groups is 3. The number of hydrogen-bond acceptors (Lipinski definition) is 8. The number of aliphatic hydroxyl groups is 1. The van der Waals surface area contributed by atoms with E-state index in [1.807, 2.05) is 0 Å². The van der Waals surface area contributed by atoms with Crippen molar-refractivity contribution in [1.29, 1.82) is 0 Å². The monoisotopic (exact) mass is 494 g/mol. The third kappa shape index (κ3) is 5.94. The van der Waals surface area contributed by atoms with Gasteiger partial charge in [0.2, 0.25) is 0 Å². The van der Waals surface area contributed by atoms with E-state index in [0.29, 0.717) is 0 Å². The summed E-state index contributed by atoms with van der Waals surface area (Å²) in [5.41, 5.74) is 0.518. The van der Waals surface area contributed by atoms with E-state index < -0.39 is 55.3 Å². The van der Waals surface area contributed by atoms with Crippen LogP contribution in [0.15, 0.2) is 91.0 Å². The Kier molecular flexibility index (Phi) is 8.04. The van der Waals surface area contributed by atoms with Gasteiger partial charge in [0.15, 0.2) is 24.7 Å². The van der Waals surface area contributed by atoms with Crippen LogP contribution in [-0.2, 0) is 18.9 Å². The molecule has 0 spiro atoms. The summed E-state index contributed by atoms with van der Waals surface area (Å²) in [4.78, 5) is 37.6. The predicted molar refractivity (Wildman–Crippen MR) is 124 cm³/mol. The molecule has 0 unspecified atom stereocenters. The Balaban J connectivity index is 1.52. The second kappa shape index (κ2) is 11.6. The number of rotatable bonds is 7. The van der Waals surface area contributed by atoms with Crippen LogP contribution in [0.1, 0.15) is 31.1 Å². The molecule has 36 heavy (non-hydrogen) atoms. The Labute approximate surface area is 206 Å². The molecule has 3 aromatic rings. The van der Waals surface area contributed by atoms with Crippen LogP contribution >= 0.6 is 0 Å². The normalized spacial score (nSPS) is 23.3. The summed E-state index contributed by atoms with van der Waals surface area (Å²) in [6.45, 7) is -0.579. The van der Waals surface area contributed by atoms with Crippen molar-refractivity contribution in [2.24, 2.45) is 0 Å². The maximum atomic E-state index is 15.6. The average Bonchev–Trinajstić information content (AvgIpc) is 2.92. The summed E-state index contributed by atoms with van der Waals surface area (Å²) in [5.74, 6) is -2.49. The summed E-state index contributed by atoms with van der Waals surface area (Å²) >= 11 is 0. The van der Waals surface area contributed by atoms with Gasteiger partial charge in [0.05, 0.1) is 16.7 Å². The predicted octanol–water partition coefficient (Wildman–Crippen LogP) is 3.35. The van der Waals surface area contributed by atoms with Gasteiger partial charge in [-0.3, -0.25) is 0 Å². The van der Waals surface area contributed by atoms with Gasteiger partial charge < -0.3 is 24.1 Å². The maximum Gasteiger partial charge on any atom is 0.338 e. The summed E-state index contributed by atoms with van der Waals surface area (Å²) in [7, 11) is 0. The van der Waals surface area contributed by atoms with Gasteiger partial charge in [-0.2, -0.15) is 0 Å². The Hall–Kier alpha value is -4.08. The van der Waals surface area contributed by atoms with E-state index in [1.54, 1.807) is 54.6 Å². The zero-order valence-corrected chi connectivity index (χ0v) is 18.9. The number of hydrogen-bond donors (Lipinski definition) is 1. The van der Waals surface area contributed by atoms with Crippen LogP contribution in [-0.4, -0.2) is 60.4 Å². The lowest BCUT2D eigenvalue weighted by Crippen LogP contribution is -2.60. The smallest absolute Gasteiger partial charge is 0.338 e. The van der Waals surface area contributed by atoms with Crippen molar-refractivity contribution in [3.8, 4) is 0 Å². The molecule has 4 rings (SSSR count). The number of halogens is 1. The van der Waals surface area contributed by atoms with Gasteiger partial charge in [-0.15, -0.1) is 0 Å². The molecule has 1 saturated heterocycles. The zero-order chi connectivity index (χ0) is 25.5. The molecule has 1 N–H and O–H groups in total. The molecular formula is C27H23FO8. The van der Waals surface area contributed by atoms with E-state index in [1.165, 1.54) is 36.4 Å². The van der Waals surface area contributed by atoms with Gasteiger partial charge in [-0.25, -0.2) is 18.8 Å². The van der Waals surface area contributed by atoms with Gasteiger partial charge in [0.1, 0.15) is 12.7 Å². The molecule has 9 heteroatoms. The molecule has 1 fully saturated rings. The zero-order valence-electron chi connectivity index (χ0n) is 18.9. The summed E-state index contributed by atoms with van der Waals surface area (Å²) in [6.07, 6.45) is -8.87. The Morgan fingerprint density at radius 2 is 1.11 bits per heavy atom. The van der Waals surface area contributed by atoms with Crippen molar-refractivity contribution >= 4 is 17.9 Å². The molecule has 5 atom stereocenters. The molecule has 1 aliphatic heterocycles. The largest absolute Gasteiger partial charge is 0.459 e. The van der Waals surface area contributed by atoms with Crippen LogP contribution < -0.4 is 0 Å². The van der Waals surface area contributed by atoms with Crippen molar-refractivity contribution in [2.45, 2.75) is 30.8 Å². The molecule has 186 valence electrons. The first-order chi connectivity index (χ1) is 17.4. The number of carbonyl (C=O) groups excluding carboxylic acids is 3. The van der Waals surface area contributed by atoms with Gasteiger partial charge >= 0.3 is 17.9 Å². The SMILES string of the molecule is O=C(OC[C@H]1O[C@H](O)[C@@H](OC(=O)c2ccccc2)[C@@H](OC(=O)c2ccccc2)[C@@H]1F)c1ccccc1. The first kappa shape index (κ1) is 25.0. The summed E-state index contributed by atoms with van der Waals surface area (Å²) in [6, 6.07) is 23.7. The molecule has 3 aromatic carbocycles. The van der Waals surface area contributed by atoms with Crippen LogP contribution in [0.25, 0.3) is 0 Å². The van der Waals surface area contributed by atoms with E-state index in [2.05, 4.69) is 0 Å². The average molecular weight is 494 g/mol. The van der Waals surface area contributed by atoms with E-state index in [9.17, 15) is 19.5 Å². The number of benzene rings is 3. The van der Waals surface area contributed by atoms with Crippen molar-refractivity contribution in [3.05, 3.63) is 108 Å². The minimum Gasteiger partial charge on any atom is -0.459 e. The topological polar surface area (TPSA) is 108 Å². The molecule has 8 nitrogen and oxygen atoms in total. The Morgan fingerprint density at radius 3 is 1.58 bits per heavy atom. The highest BCUT2D eigenvalue weighted by Crippen LogP contribution is 2.29. The van der Waals surface area contributed by atoms with Crippen molar-refractivity contribution in [2.75, 3.05) is 6.61 Å². The Bertz CT molecular complexity index is 1170. The lowest BCUT2D eigenvalue weighted by molar-refractivity contribution is -0.273. The van der Waals surface area contributed by atoms with Crippen LogP contribution in [0, 0.1) is 0 Å². The van der Waals surface area contributed by atoms with Gasteiger partial charge in [0.25, 0.3) is 0 Å². The van der Waals surface area contributed by atoms with Crippen LogP contribution in [0.2, 0.25) is 0 Å². The molecule has 0 radical (unpaired) electrons. The van der Waals surface area contributed by atoms with E-state index >= 15 is 4.39 Å². The van der Waals surface area contributed by atoms with Crippen LogP contribution in [0.5, 0.6) is 0 Å². The van der Waals surface area contributed by atoms with Gasteiger partial charge in [0, 0.05) is 0 Å². The molecule has 1 heterocycles.